The fourth-order valence-electron chi connectivity index (χ4n) is 1.04. The number of hydrogen-bond donors (Lipinski definition) is 2. The quantitative estimate of drug-likeness (QED) is 0.636. The van der Waals surface area contributed by atoms with E-state index in [1.54, 1.807) is 7.05 Å². The topological polar surface area (TPSA) is 50.4 Å². The molecule has 78 valence electrons. The highest BCUT2D eigenvalue weighted by Gasteiger charge is 2.21. The maximum Gasteiger partial charge on any atom is 0.407 e. The smallest absolute Gasteiger partial charge is 0.407 e. The van der Waals surface area contributed by atoms with Crippen molar-refractivity contribution < 1.29 is 9.53 Å². The first-order chi connectivity index (χ1) is 6.02. The van der Waals surface area contributed by atoms with Gasteiger partial charge in [0.2, 0.25) is 0 Å². The molecule has 0 unspecified atom stereocenters. The summed E-state index contributed by atoms with van der Waals surface area (Å²) >= 11 is 0. The van der Waals surface area contributed by atoms with Crippen molar-refractivity contribution >= 4 is 6.09 Å². The Kier molecular flexibility index (Phi) is 5.46. The van der Waals surface area contributed by atoms with Crippen molar-refractivity contribution in [1.29, 1.82) is 0 Å². The molecule has 0 aliphatic rings. The summed E-state index contributed by atoms with van der Waals surface area (Å²) in [6.07, 6.45) is 1.50. The van der Waals surface area contributed by atoms with Gasteiger partial charge in [-0.25, -0.2) is 4.79 Å². The van der Waals surface area contributed by atoms with E-state index in [9.17, 15) is 4.79 Å². The summed E-state index contributed by atoms with van der Waals surface area (Å²) in [5.74, 6) is 0. The van der Waals surface area contributed by atoms with E-state index in [1.807, 2.05) is 20.9 Å². The van der Waals surface area contributed by atoms with Crippen LogP contribution in [0.2, 0.25) is 0 Å². The molecule has 0 aromatic heterocycles. The summed E-state index contributed by atoms with van der Waals surface area (Å²) < 4.78 is 5.16. The summed E-state index contributed by atoms with van der Waals surface area (Å²) in [5.41, 5.74) is -0.378. The molecule has 2 N–H and O–H groups in total. The molecule has 0 saturated carbocycles. The lowest BCUT2D eigenvalue weighted by Crippen LogP contribution is -2.33. The Balaban J connectivity index is 3.72. The molecular formula is C9H20N2O2. The average molecular weight is 188 g/mol. The number of ether oxygens (including phenoxy) is 1. The van der Waals surface area contributed by atoms with E-state index < -0.39 is 0 Å². The fourth-order valence-corrected chi connectivity index (χ4v) is 1.04. The van der Waals surface area contributed by atoms with E-state index in [1.165, 1.54) is 0 Å². The third-order valence-electron chi connectivity index (χ3n) is 1.78. The van der Waals surface area contributed by atoms with Gasteiger partial charge in [-0.15, -0.1) is 0 Å². The molecule has 0 heterocycles. The zero-order valence-corrected chi connectivity index (χ0v) is 8.94. The first kappa shape index (κ1) is 12.2. The van der Waals surface area contributed by atoms with Crippen molar-refractivity contribution in [2.45, 2.75) is 32.3 Å². The zero-order valence-electron chi connectivity index (χ0n) is 8.94. The first-order valence-electron chi connectivity index (χ1n) is 4.57. The molecule has 0 saturated heterocycles. The SMILES string of the molecule is CNCCCC(C)(C)OC(=O)NC. The second kappa shape index (κ2) is 5.80. The molecule has 0 aromatic rings. The summed E-state index contributed by atoms with van der Waals surface area (Å²) in [6, 6.07) is 0. The van der Waals surface area contributed by atoms with Crippen LogP contribution >= 0.6 is 0 Å². The van der Waals surface area contributed by atoms with E-state index in [4.69, 9.17) is 4.74 Å². The first-order valence-corrected chi connectivity index (χ1v) is 4.57. The number of hydrogen-bond acceptors (Lipinski definition) is 3. The minimum atomic E-state index is -0.378. The fraction of sp³-hybridized carbons (Fsp3) is 0.889. The van der Waals surface area contributed by atoms with Crippen LogP contribution in [-0.4, -0.2) is 32.3 Å². The van der Waals surface area contributed by atoms with Crippen molar-refractivity contribution in [1.82, 2.24) is 10.6 Å². The molecule has 0 atom stereocenters. The van der Waals surface area contributed by atoms with Gasteiger partial charge >= 0.3 is 6.09 Å². The largest absolute Gasteiger partial charge is 0.444 e. The number of alkyl carbamates (subject to hydrolysis) is 1. The highest BCUT2D eigenvalue weighted by molar-refractivity contribution is 5.67. The normalized spacial score (nSPS) is 11.1. The number of carbonyl (C=O) groups excluding carboxylic acids is 1. The second-order valence-electron chi connectivity index (χ2n) is 3.61. The third-order valence-corrected chi connectivity index (χ3v) is 1.78. The van der Waals surface area contributed by atoms with Gasteiger partial charge in [0, 0.05) is 7.05 Å². The predicted octanol–water partition coefficient (Wildman–Crippen LogP) is 1.12. The zero-order chi connectivity index (χ0) is 10.3. The van der Waals surface area contributed by atoms with Gasteiger partial charge in [-0.2, -0.15) is 0 Å². The Labute approximate surface area is 80.0 Å². The van der Waals surface area contributed by atoms with Crippen LogP contribution in [0.15, 0.2) is 0 Å². The average Bonchev–Trinajstić information content (AvgIpc) is 2.03. The summed E-state index contributed by atoms with van der Waals surface area (Å²) in [4.78, 5) is 10.9. The van der Waals surface area contributed by atoms with Crippen molar-refractivity contribution in [3.8, 4) is 0 Å². The van der Waals surface area contributed by atoms with Crippen molar-refractivity contribution in [3.05, 3.63) is 0 Å². The summed E-state index contributed by atoms with van der Waals surface area (Å²) in [7, 11) is 3.47. The van der Waals surface area contributed by atoms with Gasteiger partial charge in [0.25, 0.3) is 0 Å². The van der Waals surface area contributed by atoms with Gasteiger partial charge in [-0.3, -0.25) is 0 Å². The van der Waals surface area contributed by atoms with E-state index in [0.717, 1.165) is 19.4 Å². The molecule has 0 aliphatic carbocycles. The minimum absolute atomic E-state index is 0.366. The highest BCUT2D eigenvalue weighted by Crippen LogP contribution is 2.16. The molecular weight excluding hydrogens is 168 g/mol. The van der Waals surface area contributed by atoms with Crippen LogP contribution in [0.3, 0.4) is 0 Å². The lowest BCUT2D eigenvalue weighted by molar-refractivity contribution is 0.0327. The van der Waals surface area contributed by atoms with Crippen LogP contribution in [0, 0.1) is 0 Å². The maximum absolute atomic E-state index is 10.9. The Morgan fingerprint density at radius 2 is 2.00 bits per heavy atom. The molecule has 4 heteroatoms. The number of carbonyl (C=O) groups is 1. The molecule has 1 amide bonds. The number of nitrogens with one attached hydrogen (secondary N) is 2. The van der Waals surface area contributed by atoms with Gasteiger partial charge in [0.15, 0.2) is 0 Å². The second-order valence-corrected chi connectivity index (χ2v) is 3.61. The number of rotatable bonds is 5. The molecule has 0 rings (SSSR count). The minimum Gasteiger partial charge on any atom is -0.444 e. The van der Waals surface area contributed by atoms with Gasteiger partial charge in [-0.05, 0) is 40.3 Å². The van der Waals surface area contributed by atoms with Crippen LogP contribution in [0.5, 0.6) is 0 Å². The van der Waals surface area contributed by atoms with Crippen LogP contribution in [0.4, 0.5) is 4.79 Å². The van der Waals surface area contributed by atoms with E-state index in [0.29, 0.717) is 0 Å². The summed E-state index contributed by atoms with van der Waals surface area (Å²) in [6.45, 7) is 4.77. The van der Waals surface area contributed by atoms with E-state index >= 15 is 0 Å². The molecule has 0 spiro atoms. The predicted molar refractivity (Wildman–Crippen MR) is 52.8 cm³/mol. The molecule has 4 nitrogen and oxygen atoms in total. The van der Waals surface area contributed by atoms with Crippen LogP contribution in [-0.2, 0) is 4.74 Å². The molecule has 0 aromatic carbocycles. The van der Waals surface area contributed by atoms with Crippen molar-refractivity contribution in [2.24, 2.45) is 0 Å². The van der Waals surface area contributed by atoms with E-state index in [2.05, 4.69) is 10.6 Å². The molecule has 0 radical (unpaired) electrons. The highest BCUT2D eigenvalue weighted by atomic mass is 16.6. The van der Waals surface area contributed by atoms with Gasteiger partial charge < -0.3 is 15.4 Å². The molecule has 0 fully saturated rings. The Morgan fingerprint density at radius 1 is 1.38 bits per heavy atom. The maximum atomic E-state index is 10.9. The standard InChI is InChI=1S/C9H20N2O2/c1-9(2,6-5-7-10-3)13-8(12)11-4/h10H,5-7H2,1-4H3,(H,11,12). The van der Waals surface area contributed by atoms with Crippen molar-refractivity contribution in [2.75, 3.05) is 20.6 Å². The van der Waals surface area contributed by atoms with Gasteiger partial charge in [-0.1, -0.05) is 0 Å². The Hall–Kier alpha value is -0.770. The molecule has 0 aliphatic heterocycles. The van der Waals surface area contributed by atoms with E-state index in [-0.39, 0.29) is 11.7 Å². The Morgan fingerprint density at radius 3 is 2.46 bits per heavy atom. The summed E-state index contributed by atoms with van der Waals surface area (Å²) in [5, 5.41) is 5.49. The Bertz CT molecular complexity index is 158. The van der Waals surface area contributed by atoms with Crippen molar-refractivity contribution in [3.63, 3.8) is 0 Å². The van der Waals surface area contributed by atoms with Gasteiger partial charge in [0.05, 0.1) is 0 Å². The third kappa shape index (κ3) is 6.40. The molecule has 0 bridgehead atoms. The van der Waals surface area contributed by atoms with Crippen LogP contribution in [0.25, 0.3) is 0 Å². The lowest BCUT2D eigenvalue weighted by atomic mass is 10.0. The lowest BCUT2D eigenvalue weighted by Gasteiger charge is -2.24. The monoisotopic (exact) mass is 188 g/mol. The van der Waals surface area contributed by atoms with Gasteiger partial charge in [0.1, 0.15) is 5.60 Å². The number of amides is 1. The van der Waals surface area contributed by atoms with Crippen LogP contribution < -0.4 is 10.6 Å². The molecule has 13 heavy (non-hydrogen) atoms. The van der Waals surface area contributed by atoms with Crippen LogP contribution in [0.1, 0.15) is 26.7 Å².